The van der Waals surface area contributed by atoms with Crippen LogP contribution in [0.3, 0.4) is 0 Å². The molecular weight excluding hydrogens is 458 g/mol. The van der Waals surface area contributed by atoms with Crippen LogP contribution in [0, 0.1) is 10.1 Å². The minimum absolute atomic E-state index is 0.184. The summed E-state index contributed by atoms with van der Waals surface area (Å²) < 4.78 is 1.29. The number of carbonyl (C=O) groups excluding carboxylic acids is 1. The van der Waals surface area contributed by atoms with Gasteiger partial charge in [-0.3, -0.25) is 19.8 Å². The average molecular weight is 484 g/mol. The second kappa shape index (κ2) is 10.4. The summed E-state index contributed by atoms with van der Waals surface area (Å²) in [6.45, 7) is 4.78. The summed E-state index contributed by atoms with van der Waals surface area (Å²) in [6.07, 6.45) is 2.66. The Balaban J connectivity index is 1.20. The van der Waals surface area contributed by atoms with E-state index in [1.807, 2.05) is 30.3 Å². The summed E-state index contributed by atoms with van der Waals surface area (Å²) in [4.78, 5) is 32.4. The maximum absolute atomic E-state index is 12.8. The summed E-state index contributed by atoms with van der Waals surface area (Å²) in [5, 5.41) is 18.3. The molecule has 1 aromatic heterocycles. The largest absolute Gasteiger partial charge is 0.369 e. The van der Waals surface area contributed by atoms with E-state index >= 15 is 0 Å². The van der Waals surface area contributed by atoms with Crippen LogP contribution in [-0.4, -0.2) is 56.7 Å². The Morgan fingerprint density at radius 2 is 1.72 bits per heavy atom. The molecule has 0 unspecified atom stereocenters. The number of amides is 1. The van der Waals surface area contributed by atoms with E-state index in [4.69, 9.17) is 0 Å². The molecule has 5 rings (SSSR count). The lowest BCUT2D eigenvalue weighted by Crippen LogP contribution is -2.45. The predicted molar refractivity (Wildman–Crippen MR) is 136 cm³/mol. The molecular formula is C26H25N7O3. The molecule has 1 aliphatic rings. The number of nitro groups is 1. The highest BCUT2D eigenvalue weighted by Gasteiger charge is 2.20. The molecule has 0 radical (unpaired) electrons. The van der Waals surface area contributed by atoms with Crippen molar-refractivity contribution in [3.05, 3.63) is 107 Å². The van der Waals surface area contributed by atoms with Gasteiger partial charge < -0.3 is 10.2 Å². The standard InChI is InChI=1S/C26H25N7O3/c34-26(21-6-11-24(25(16-21)33(35)36)32-19-27-18-28-32)29-22-7-9-23(10-8-22)31-14-12-30(13-15-31)17-20-4-2-1-3-5-20/h1-11,16,18-19H,12-15,17H2,(H,29,34). The fraction of sp³-hybridized carbons (Fsp3) is 0.192. The van der Waals surface area contributed by atoms with E-state index in [2.05, 4.69) is 49.5 Å². The summed E-state index contributed by atoms with van der Waals surface area (Å²) in [7, 11) is 0. The Labute approximate surface area is 207 Å². The smallest absolute Gasteiger partial charge is 0.295 e. The lowest BCUT2D eigenvalue weighted by atomic mass is 10.1. The molecule has 0 spiro atoms. The maximum Gasteiger partial charge on any atom is 0.295 e. The molecule has 0 bridgehead atoms. The molecule has 10 nitrogen and oxygen atoms in total. The monoisotopic (exact) mass is 483 g/mol. The third kappa shape index (κ3) is 5.23. The highest BCUT2D eigenvalue weighted by molar-refractivity contribution is 6.05. The number of nitrogens with one attached hydrogen (secondary N) is 1. The molecule has 3 aromatic carbocycles. The van der Waals surface area contributed by atoms with Gasteiger partial charge in [0.15, 0.2) is 0 Å². The molecule has 4 aromatic rings. The Morgan fingerprint density at radius 1 is 0.972 bits per heavy atom. The highest BCUT2D eigenvalue weighted by atomic mass is 16.6. The van der Waals surface area contributed by atoms with E-state index in [0.717, 1.165) is 38.4 Å². The third-order valence-electron chi connectivity index (χ3n) is 6.21. The molecule has 2 heterocycles. The first kappa shape index (κ1) is 23.2. The Morgan fingerprint density at radius 3 is 2.39 bits per heavy atom. The van der Waals surface area contributed by atoms with E-state index in [0.29, 0.717) is 5.69 Å². The zero-order valence-electron chi connectivity index (χ0n) is 19.5. The first-order chi connectivity index (χ1) is 17.6. The van der Waals surface area contributed by atoms with Crippen LogP contribution in [0.1, 0.15) is 15.9 Å². The molecule has 1 amide bonds. The van der Waals surface area contributed by atoms with Crippen LogP contribution < -0.4 is 10.2 Å². The Kier molecular flexibility index (Phi) is 6.67. The van der Waals surface area contributed by atoms with Gasteiger partial charge in [0.2, 0.25) is 0 Å². The zero-order chi connectivity index (χ0) is 24.9. The maximum atomic E-state index is 12.8. The minimum atomic E-state index is -0.539. The van der Waals surface area contributed by atoms with Gasteiger partial charge in [0.1, 0.15) is 18.3 Å². The number of piperazine rings is 1. The van der Waals surface area contributed by atoms with Crippen LogP contribution in [0.4, 0.5) is 17.1 Å². The molecule has 0 aliphatic carbocycles. The molecule has 36 heavy (non-hydrogen) atoms. The van der Waals surface area contributed by atoms with Crippen molar-refractivity contribution < 1.29 is 9.72 Å². The Hall–Kier alpha value is -4.57. The molecule has 1 fully saturated rings. The first-order valence-electron chi connectivity index (χ1n) is 11.6. The lowest BCUT2D eigenvalue weighted by Gasteiger charge is -2.36. The number of anilines is 2. The first-order valence-corrected chi connectivity index (χ1v) is 11.6. The van der Waals surface area contributed by atoms with Crippen LogP contribution in [0.25, 0.3) is 5.69 Å². The van der Waals surface area contributed by atoms with E-state index in [1.165, 1.54) is 41.1 Å². The van der Waals surface area contributed by atoms with Crippen LogP contribution in [0.5, 0.6) is 0 Å². The SMILES string of the molecule is O=C(Nc1ccc(N2CCN(Cc3ccccc3)CC2)cc1)c1ccc(-n2cncn2)c([N+](=O)[O-])c1. The van der Waals surface area contributed by atoms with Crippen molar-refractivity contribution in [3.8, 4) is 5.69 Å². The predicted octanol–water partition coefficient (Wildman–Crippen LogP) is 3.75. The molecule has 10 heteroatoms. The second-order valence-corrected chi connectivity index (χ2v) is 8.55. The second-order valence-electron chi connectivity index (χ2n) is 8.55. The van der Waals surface area contributed by atoms with Crippen molar-refractivity contribution in [2.24, 2.45) is 0 Å². The van der Waals surface area contributed by atoms with E-state index in [9.17, 15) is 14.9 Å². The molecule has 1 saturated heterocycles. The van der Waals surface area contributed by atoms with Gasteiger partial charge in [0, 0.05) is 55.7 Å². The number of hydrogen-bond acceptors (Lipinski definition) is 7. The molecule has 0 saturated carbocycles. The number of nitrogens with zero attached hydrogens (tertiary/aromatic N) is 6. The molecule has 1 N–H and O–H groups in total. The number of benzene rings is 3. The van der Waals surface area contributed by atoms with Crippen LogP contribution in [0.2, 0.25) is 0 Å². The van der Waals surface area contributed by atoms with E-state index < -0.39 is 10.8 Å². The topological polar surface area (TPSA) is 109 Å². The van der Waals surface area contributed by atoms with Crippen LogP contribution in [-0.2, 0) is 6.54 Å². The van der Waals surface area contributed by atoms with Gasteiger partial charge in [-0.1, -0.05) is 30.3 Å². The fourth-order valence-corrected chi connectivity index (χ4v) is 4.30. The highest BCUT2D eigenvalue weighted by Crippen LogP contribution is 2.25. The number of nitro benzene ring substituents is 1. The number of rotatable bonds is 7. The van der Waals surface area contributed by atoms with Crippen molar-refractivity contribution in [3.63, 3.8) is 0 Å². The summed E-state index contributed by atoms with van der Waals surface area (Å²) in [5.41, 5.74) is 3.24. The minimum Gasteiger partial charge on any atom is -0.369 e. The van der Waals surface area contributed by atoms with Gasteiger partial charge in [-0.2, -0.15) is 5.10 Å². The van der Waals surface area contributed by atoms with Gasteiger partial charge in [-0.15, -0.1) is 0 Å². The van der Waals surface area contributed by atoms with E-state index in [-0.39, 0.29) is 16.9 Å². The number of carbonyl (C=O) groups is 1. The molecule has 0 atom stereocenters. The van der Waals surface area contributed by atoms with Gasteiger partial charge in [-0.25, -0.2) is 9.67 Å². The average Bonchev–Trinajstić information content (AvgIpc) is 3.45. The quantitative estimate of drug-likeness (QED) is 0.315. The van der Waals surface area contributed by atoms with Crippen LogP contribution >= 0.6 is 0 Å². The van der Waals surface area contributed by atoms with Crippen molar-refractivity contribution in [2.75, 3.05) is 36.4 Å². The Bertz CT molecular complexity index is 1330. The van der Waals surface area contributed by atoms with Crippen molar-refractivity contribution in [2.45, 2.75) is 6.54 Å². The third-order valence-corrected chi connectivity index (χ3v) is 6.21. The van der Waals surface area contributed by atoms with Gasteiger partial charge in [0.05, 0.1) is 4.92 Å². The van der Waals surface area contributed by atoms with Crippen molar-refractivity contribution >= 4 is 23.0 Å². The summed E-state index contributed by atoms with van der Waals surface area (Å²) >= 11 is 0. The number of hydrogen-bond donors (Lipinski definition) is 1. The van der Waals surface area contributed by atoms with Gasteiger partial charge in [0.25, 0.3) is 11.6 Å². The molecule has 182 valence electrons. The van der Waals surface area contributed by atoms with E-state index in [1.54, 1.807) is 0 Å². The fourth-order valence-electron chi connectivity index (χ4n) is 4.30. The summed E-state index contributed by atoms with van der Waals surface area (Å²) in [6, 6.07) is 22.4. The van der Waals surface area contributed by atoms with Crippen molar-refractivity contribution in [1.29, 1.82) is 0 Å². The zero-order valence-corrected chi connectivity index (χ0v) is 19.5. The molecule has 1 aliphatic heterocycles. The van der Waals surface area contributed by atoms with Crippen LogP contribution in [0.15, 0.2) is 85.5 Å². The van der Waals surface area contributed by atoms with Crippen molar-refractivity contribution in [1.82, 2.24) is 19.7 Å². The van der Waals surface area contributed by atoms with Gasteiger partial charge >= 0.3 is 0 Å². The normalized spacial score (nSPS) is 13.9. The summed E-state index contributed by atoms with van der Waals surface area (Å²) in [5.74, 6) is -0.425. The van der Waals surface area contributed by atoms with Gasteiger partial charge in [-0.05, 0) is 42.0 Å². The number of aromatic nitrogens is 3. The lowest BCUT2D eigenvalue weighted by molar-refractivity contribution is -0.384.